The lowest BCUT2D eigenvalue weighted by Gasteiger charge is -2.32. The third kappa shape index (κ3) is 5.84. The molecule has 0 radical (unpaired) electrons. The molecule has 1 aromatic carbocycles. The average molecular weight is 330 g/mol. The molecule has 2 rings (SSSR count). The topological polar surface area (TPSA) is 68.6 Å². The summed E-state index contributed by atoms with van der Waals surface area (Å²) >= 11 is 0. The van der Waals surface area contributed by atoms with Crippen molar-refractivity contribution in [3.8, 4) is 6.07 Å². The predicted octanol–water partition coefficient (Wildman–Crippen LogP) is 2.52. The first-order valence-electron chi connectivity index (χ1n) is 8.41. The number of nitrogens with zero attached hydrogens (tertiary/aromatic N) is 3. The number of carbonyl (C=O) groups excluding carboxylic acids is 1. The van der Waals surface area contributed by atoms with E-state index in [0.29, 0.717) is 24.3 Å². The number of amides is 2. The average Bonchev–Trinajstić information content (AvgIpc) is 2.59. The second kappa shape index (κ2) is 9.26. The predicted molar refractivity (Wildman–Crippen MR) is 93.9 cm³/mol. The Hall–Kier alpha value is -2.10. The summed E-state index contributed by atoms with van der Waals surface area (Å²) in [4.78, 5) is 16.2. The van der Waals surface area contributed by atoms with Gasteiger partial charge in [-0.2, -0.15) is 5.26 Å². The smallest absolute Gasteiger partial charge is 0.321 e. The number of urea groups is 1. The molecule has 1 aliphatic heterocycles. The summed E-state index contributed by atoms with van der Waals surface area (Å²) in [5.74, 6) is 0. The molecule has 1 aliphatic rings. The summed E-state index contributed by atoms with van der Waals surface area (Å²) < 4.78 is 5.89. The first kappa shape index (κ1) is 18.2. The Kier molecular flexibility index (Phi) is 7.04. The fourth-order valence-corrected chi connectivity index (χ4v) is 2.73. The Morgan fingerprint density at radius 2 is 2.17 bits per heavy atom. The first-order chi connectivity index (χ1) is 11.6. The minimum Gasteiger partial charge on any atom is -0.378 e. The van der Waals surface area contributed by atoms with Crippen molar-refractivity contribution in [3.05, 3.63) is 29.8 Å². The normalized spacial score (nSPS) is 15.3. The quantitative estimate of drug-likeness (QED) is 0.814. The lowest BCUT2D eigenvalue weighted by atomic mass is 10.1. The van der Waals surface area contributed by atoms with Crippen LogP contribution in [0.15, 0.2) is 24.3 Å². The van der Waals surface area contributed by atoms with Crippen LogP contribution in [0.5, 0.6) is 0 Å². The molecule has 2 amide bonds. The summed E-state index contributed by atoms with van der Waals surface area (Å²) in [6.45, 7) is 3.20. The third-order valence-corrected chi connectivity index (χ3v) is 4.08. The van der Waals surface area contributed by atoms with E-state index in [4.69, 9.17) is 10.00 Å². The van der Waals surface area contributed by atoms with Gasteiger partial charge in [-0.1, -0.05) is 6.07 Å². The van der Waals surface area contributed by atoms with Crippen LogP contribution in [0.25, 0.3) is 0 Å². The molecular weight excluding hydrogens is 304 g/mol. The Morgan fingerprint density at radius 3 is 2.83 bits per heavy atom. The number of hydrogen-bond acceptors (Lipinski definition) is 4. The highest BCUT2D eigenvalue weighted by molar-refractivity contribution is 5.89. The number of ether oxygens (including phenoxy) is 1. The molecule has 24 heavy (non-hydrogen) atoms. The molecule has 0 unspecified atom stereocenters. The number of carbonyl (C=O) groups is 1. The van der Waals surface area contributed by atoms with Gasteiger partial charge in [0.15, 0.2) is 0 Å². The molecule has 0 aromatic heterocycles. The van der Waals surface area contributed by atoms with Crippen molar-refractivity contribution in [2.75, 3.05) is 45.7 Å². The van der Waals surface area contributed by atoms with Gasteiger partial charge in [-0.3, -0.25) is 0 Å². The number of piperidine rings is 1. The number of likely N-dealkylation sites (tertiary alicyclic amines) is 1. The molecule has 1 aromatic rings. The van der Waals surface area contributed by atoms with Crippen molar-refractivity contribution < 1.29 is 9.53 Å². The maximum Gasteiger partial charge on any atom is 0.321 e. The van der Waals surface area contributed by atoms with Crippen molar-refractivity contribution >= 4 is 11.7 Å². The standard InChI is InChI=1S/C18H26N4O2/c1-21(2)9-4-12-24-17-7-10-22(11-8-17)18(23)20-16-6-3-5-15(13-16)14-19/h3,5-6,13,17H,4,7-12H2,1-2H3,(H,20,23). The highest BCUT2D eigenvalue weighted by Gasteiger charge is 2.23. The molecule has 1 fully saturated rings. The second-order valence-corrected chi connectivity index (χ2v) is 6.34. The number of nitriles is 1. The van der Waals surface area contributed by atoms with Crippen LogP contribution in [0.1, 0.15) is 24.8 Å². The largest absolute Gasteiger partial charge is 0.378 e. The van der Waals surface area contributed by atoms with Gasteiger partial charge in [0.1, 0.15) is 0 Å². The van der Waals surface area contributed by atoms with Crippen LogP contribution in [0.2, 0.25) is 0 Å². The van der Waals surface area contributed by atoms with E-state index in [1.165, 1.54) is 0 Å². The molecule has 1 saturated heterocycles. The van der Waals surface area contributed by atoms with Crippen molar-refractivity contribution in [1.82, 2.24) is 9.80 Å². The van der Waals surface area contributed by atoms with E-state index in [9.17, 15) is 4.79 Å². The molecule has 130 valence electrons. The van der Waals surface area contributed by atoms with Crippen molar-refractivity contribution in [1.29, 1.82) is 5.26 Å². The SMILES string of the molecule is CN(C)CCCOC1CCN(C(=O)Nc2cccc(C#N)c2)CC1. The van der Waals surface area contributed by atoms with E-state index >= 15 is 0 Å². The number of nitrogens with one attached hydrogen (secondary N) is 1. The number of anilines is 1. The zero-order valence-corrected chi connectivity index (χ0v) is 14.5. The maximum atomic E-state index is 12.3. The van der Waals surface area contributed by atoms with Gasteiger partial charge >= 0.3 is 6.03 Å². The van der Waals surface area contributed by atoms with Crippen molar-refractivity contribution in [2.24, 2.45) is 0 Å². The van der Waals surface area contributed by atoms with Crippen LogP contribution >= 0.6 is 0 Å². The Labute approximate surface area is 144 Å². The lowest BCUT2D eigenvalue weighted by Crippen LogP contribution is -2.43. The molecule has 0 atom stereocenters. The Balaban J connectivity index is 1.71. The van der Waals surface area contributed by atoms with Crippen molar-refractivity contribution in [2.45, 2.75) is 25.4 Å². The zero-order valence-electron chi connectivity index (χ0n) is 14.5. The maximum absolute atomic E-state index is 12.3. The van der Waals surface area contributed by atoms with Crippen LogP contribution < -0.4 is 5.32 Å². The van der Waals surface area contributed by atoms with E-state index in [0.717, 1.165) is 32.4 Å². The van der Waals surface area contributed by atoms with Gasteiger partial charge in [0.2, 0.25) is 0 Å². The van der Waals surface area contributed by atoms with Gasteiger partial charge in [-0.05, 0) is 58.1 Å². The highest BCUT2D eigenvalue weighted by atomic mass is 16.5. The van der Waals surface area contributed by atoms with Crippen LogP contribution in [-0.2, 0) is 4.74 Å². The minimum absolute atomic E-state index is 0.115. The molecular formula is C18H26N4O2. The van der Waals surface area contributed by atoms with Gasteiger partial charge in [0.25, 0.3) is 0 Å². The second-order valence-electron chi connectivity index (χ2n) is 6.34. The van der Waals surface area contributed by atoms with Crippen LogP contribution in [0.4, 0.5) is 10.5 Å². The molecule has 6 nitrogen and oxygen atoms in total. The van der Waals surface area contributed by atoms with Crippen LogP contribution in [-0.4, -0.2) is 62.3 Å². The first-order valence-corrected chi connectivity index (χ1v) is 8.41. The molecule has 1 heterocycles. The summed E-state index contributed by atoms with van der Waals surface area (Å²) in [5, 5.41) is 11.8. The van der Waals surface area contributed by atoms with Gasteiger partial charge in [-0.15, -0.1) is 0 Å². The number of hydrogen-bond donors (Lipinski definition) is 1. The van der Waals surface area contributed by atoms with Crippen molar-refractivity contribution in [3.63, 3.8) is 0 Å². The van der Waals surface area contributed by atoms with Gasteiger partial charge < -0.3 is 19.9 Å². The zero-order chi connectivity index (χ0) is 17.4. The minimum atomic E-state index is -0.115. The number of benzene rings is 1. The molecule has 0 bridgehead atoms. The van der Waals surface area contributed by atoms with Crippen LogP contribution in [0, 0.1) is 11.3 Å². The summed E-state index contributed by atoms with van der Waals surface area (Å²) in [7, 11) is 4.12. The Morgan fingerprint density at radius 1 is 1.42 bits per heavy atom. The summed E-state index contributed by atoms with van der Waals surface area (Å²) in [6.07, 6.45) is 3.02. The van der Waals surface area contributed by atoms with E-state index in [2.05, 4.69) is 30.4 Å². The molecule has 6 heteroatoms. The monoisotopic (exact) mass is 330 g/mol. The van der Waals surface area contributed by atoms with Gasteiger partial charge in [-0.25, -0.2) is 4.79 Å². The van der Waals surface area contributed by atoms with E-state index in [1.54, 1.807) is 29.2 Å². The third-order valence-electron chi connectivity index (χ3n) is 4.08. The molecule has 0 spiro atoms. The fourth-order valence-electron chi connectivity index (χ4n) is 2.73. The number of rotatable bonds is 6. The van der Waals surface area contributed by atoms with Gasteiger partial charge in [0, 0.05) is 25.4 Å². The van der Waals surface area contributed by atoms with E-state index < -0.39 is 0 Å². The summed E-state index contributed by atoms with van der Waals surface area (Å²) in [5.41, 5.74) is 1.19. The molecule has 1 N–H and O–H groups in total. The fraction of sp³-hybridized carbons (Fsp3) is 0.556. The Bertz CT molecular complexity index is 575. The van der Waals surface area contributed by atoms with Crippen LogP contribution in [0.3, 0.4) is 0 Å². The van der Waals surface area contributed by atoms with E-state index in [1.807, 2.05) is 0 Å². The lowest BCUT2D eigenvalue weighted by molar-refractivity contribution is 0.0130. The summed E-state index contributed by atoms with van der Waals surface area (Å²) in [6, 6.07) is 8.91. The highest BCUT2D eigenvalue weighted by Crippen LogP contribution is 2.16. The van der Waals surface area contributed by atoms with E-state index in [-0.39, 0.29) is 12.1 Å². The van der Waals surface area contributed by atoms with Gasteiger partial charge in [0.05, 0.1) is 17.7 Å². The molecule has 0 saturated carbocycles. The molecule has 0 aliphatic carbocycles.